The summed E-state index contributed by atoms with van der Waals surface area (Å²) in [7, 11) is 4.17. The van der Waals surface area contributed by atoms with Gasteiger partial charge in [-0.1, -0.05) is 12.1 Å². The number of nitrogen functional groups attached to an aromatic ring is 1. The lowest BCUT2D eigenvalue weighted by molar-refractivity contribution is 0.270. The molecule has 5 N–H and O–H groups in total. The number of nitrogens with one attached hydrogen (secondary N) is 3. The maximum Gasteiger partial charge on any atom is 0.0515 e. The lowest BCUT2D eigenvalue weighted by atomic mass is 9.94. The van der Waals surface area contributed by atoms with E-state index >= 15 is 0 Å². The number of rotatable bonds is 6. The summed E-state index contributed by atoms with van der Waals surface area (Å²) in [4.78, 5) is 2.38. The van der Waals surface area contributed by atoms with Gasteiger partial charge in [-0.15, -0.1) is 0 Å². The van der Waals surface area contributed by atoms with Crippen LogP contribution in [0, 0.1) is 5.92 Å². The quantitative estimate of drug-likeness (QED) is 0.552. The number of hydrazine groups is 1. The van der Waals surface area contributed by atoms with Crippen molar-refractivity contribution in [2.75, 3.05) is 46.0 Å². The van der Waals surface area contributed by atoms with Crippen molar-refractivity contribution in [1.82, 2.24) is 21.1 Å². The first-order valence-corrected chi connectivity index (χ1v) is 6.87. The van der Waals surface area contributed by atoms with Gasteiger partial charge in [-0.05, 0) is 31.8 Å². The fraction of sp³-hybridized carbons (Fsp3) is 0.571. The van der Waals surface area contributed by atoms with Gasteiger partial charge >= 0.3 is 0 Å². The summed E-state index contributed by atoms with van der Waals surface area (Å²) in [5, 5.41) is 3.19. The SMILES string of the molecule is CNCCN(C)CC1CNNC1c1ccc(N)cc1. The molecule has 2 unspecified atom stereocenters. The molecule has 1 fully saturated rings. The highest BCUT2D eigenvalue weighted by Crippen LogP contribution is 2.25. The van der Waals surface area contributed by atoms with Crippen molar-refractivity contribution in [1.29, 1.82) is 0 Å². The summed E-state index contributed by atoms with van der Waals surface area (Å²) in [5.74, 6) is 0.575. The molecule has 19 heavy (non-hydrogen) atoms. The molecule has 1 aliphatic heterocycles. The van der Waals surface area contributed by atoms with Gasteiger partial charge in [0.2, 0.25) is 0 Å². The molecule has 2 atom stereocenters. The van der Waals surface area contributed by atoms with E-state index in [0.29, 0.717) is 12.0 Å². The lowest BCUT2D eigenvalue weighted by Crippen LogP contribution is -2.34. The monoisotopic (exact) mass is 263 g/mol. The van der Waals surface area contributed by atoms with E-state index in [1.807, 2.05) is 19.2 Å². The van der Waals surface area contributed by atoms with Crippen LogP contribution in [-0.4, -0.2) is 45.2 Å². The third kappa shape index (κ3) is 3.91. The maximum atomic E-state index is 5.74. The number of anilines is 1. The summed E-state index contributed by atoms with van der Waals surface area (Å²) in [6, 6.07) is 8.52. The second-order valence-electron chi connectivity index (χ2n) is 5.30. The first kappa shape index (κ1) is 14.3. The Hall–Kier alpha value is -1.14. The minimum Gasteiger partial charge on any atom is -0.399 e. The van der Waals surface area contributed by atoms with E-state index in [4.69, 9.17) is 5.73 Å². The Kier molecular flexibility index (Phi) is 5.15. The van der Waals surface area contributed by atoms with Crippen molar-refractivity contribution in [3.8, 4) is 0 Å². The third-order valence-corrected chi connectivity index (χ3v) is 3.68. The van der Waals surface area contributed by atoms with Crippen LogP contribution in [0.3, 0.4) is 0 Å². The highest BCUT2D eigenvalue weighted by Gasteiger charge is 2.28. The maximum absolute atomic E-state index is 5.74. The third-order valence-electron chi connectivity index (χ3n) is 3.68. The molecule has 0 radical (unpaired) electrons. The van der Waals surface area contributed by atoms with Crippen LogP contribution in [0.15, 0.2) is 24.3 Å². The summed E-state index contributed by atoms with van der Waals surface area (Å²) in [6.45, 7) is 4.17. The first-order valence-electron chi connectivity index (χ1n) is 6.87. The number of hydrogen-bond acceptors (Lipinski definition) is 5. The Morgan fingerprint density at radius 1 is 1.37 bits per heavy atom. The van der Waals surface area contributed by atoms with E-state index in [9.17, 15) is 0 Å². The molecule has 1 saturated heterocycles. The normalized spacial score (nSPS) is 23.1. The zero-order chi connectivity index (χ0) is 13.7. The Morgan fingerprint density at radius 2 is 2.11 bits per heavy atom. The molecule has 106 valence electrons. The van der Waals surface area contributed by atoms with Gasteiger partial charge in [0.1, 0.15) is 0 Å². The Bertz CT molecular complexity index is 378. The van der Waals surface area contributed by atoms with Crippen LogP contribution in [0.2, 0.25) is 0 Å². The van der Waals surface area contributed by atoms with E-state index < -0.39 is 0 Å². The molecule has 1 aromatic carbocycles. The predicted octanol–water partition coefficient (Wildman–Crippen LogP) is 0.185. The van der Waals surface area contributed by atoms with Gasteiger partial charge in [0, 0.05) is 37.8 Å². The number of benzene rings is 1. The van der Waals surface area contributed by atoms with Crippen LogP contribution >= 0.6 is 0 Å². The molecule has 1 aliphatic rings. The minimum atomic E-state index is 0.359. The average molecular weight is 263 g/mol. The summed E-state index contributed by atoms with van der Waals surface area (Å²) in [6.07, 6.45) is 0. The zero-order valence-electron chi connectivity index (χ0n) is 11.8. The second-order valence-corrected chi connectivity index (χ2v) is 5.30. The number of nitrogens with zero attached hydrogens (tertiary/aromatic N) is 1. The molecule has 0 aliphatic carbocycles. The molecule has 0 spiro atoms. The molecular formula is C14H25N5. The number of likely N-dealkylation sites (N-methyl/N-ethyl adjacent to an activating group) is 2. The van der Waals surface area contributed by atoms with Crippen LogP contribution < -0.4 is 21.9 Å². The van der Waals surface area contributed by atoms with E-state index in [1.165, 1.54) is 5.56 Å². The van der Waals surface area contributed by atoms with Gasteiger partial charge in [0.25, 0.3) is 0 Å². The molecule has 0 bridgehead atoms. The van der Waals surface area contributed by atoms with E-state index in [0.717, 1.165) is 31.9 Å². The second kappa shape index (κ2) is 6.86. The minimum absolute atomic E-state index is 0.359. The fourth-order valence-electron chi connectivity index (χ4n) is 2.56. The topological polar surface area (TPSA) is 65.3 Å². The van der Waals surface area contributed by atoms with Crippen molar-refractivity contribution in [3.05, 3.63) is 29.8 Å². The van der Waals surface area contributed by atoms with Crippen LogP contribution in [0.1, 0.15) is 11.6 Å². The molecule has 0 saturated carbocycles. The predicted molar refractivity (Wildman–Crippen MR) is 79.6 cm³/mol. The van der Waals surface area contributed by atoms with E-state index in [-0.39, 0.29) is 0 Å². The molecule has 1 aromatic rings. The van der Waals surface area contributed by atoms with Crippen LogP contribution in [0.4, 0.5) is 5.69 Å². The highest BCUT2D eigenvalue weighted by atomic mass is 15.4. The molecule has 5 heteroatoms. The average Bonchev–Trinajstić information content (AvgIpc) is 2.85. The number of hydrogen-bond donors (Lipinski definition) is 4. The Labute approximate surface area is 115 Å². The van der Waals surface area contributed by atoms with Gasteiger partial charge in [0.15, 0.2) is 0 Å². The molecule has 0 aromatic heterocycles. The standard InChI is InChI=1S/C14H25N5/c1-16-7-8-19(2)10-12-9-17-18-14(12)11-3-5-13(15)6-4-11/h3-6,12,14,16-18H,7-10,15H2,1-2H3. The molecule has 2 rings (SSSR count). The number of nitrogens with two attached hydrogens (primary N) is 1. The van der Waals surface area contributed by atoms with Crippen molar-refractivity contribution in [3.63, 3.8) is 0 Å². The lowest BCUT2D eigenvalue weighted by Gasteiger charge is -2.24. The van der Waals surface area contributed by atoms with Crippen molar-refractivity contribution in [2.24, 2.45) is 5.92 Å². The van der Waals surface area contributed by atoms with E-state index in [2.05, 4.69) is 40.2 Å². The summed E-state index contributed by atoms with van der Waals surface area (Å²) in [5.41, 5.74) is 14.5. The largest absolute Gasteiger partial charge is 0.399 e. The van der Waals surface area contributed by atoms with Gasteiger partial charge in [-0.25, -0.2) is 5.43 Å². The molecular weight excluding hydrogens is 238 g/mol. The Balaban J connectivity index is 1.94. The van der Waals surface area contributed by atoms with Crippen molar-refractivity contribution >= 4 is 5.69 Å². The Morgan fingerprint density at radius 3 is 2.79 bits per heavy atom. The fourth-order valence-corrected chi connectivity index (χ4v) is 2.56. The van der Waals surface area contributed by atoms with Gasteiger partial charge in [0.05, 0.1) is 6.04 Å². The summed E-state index contributed by atoms with van der Waals surface area (Å²) >= 11 is 0. The smallest absolute Gasteiger partial charge is 0.0515 e. The van der Waals surface area contributed by atoms with Crippen molar-refractivity contribution in [2.45, 2.75) is 6.04 Å². The van der Waals surface area contributed by atoms with E-state index in [1.54, 1.807) is 0 Å². The highest BCUT2D eigenvalue weighted by molar-refractivity contribution is 5.40. The van der Waals surface area contributed by atoms with Crippen LogP contribution in [-0.2, 0) is 0 Å². The van der Waals surface area contributed by atoms with Crippen LogP contribution in [0.5, 0.6) is 0 Å². The van der Waals surface area contributed by atoms with Gasteiger partial charge < -0.3 is 16.0 Å². The van der Waals surface area contributed by atoms with Gasteiger partial charge in [-0.2, -0.15) is 0 Å². The summed E-state index contributed by atoms with van der Waals surface area (Å²) < 4.78 is 0. The zero-order valence-corrected chi connectivity index (χ0v) is 11.8. The first-order chi connectivity index (χ1) is 9.20. The van der Waals surface area contributed by atoms with Crippen LogP contribution in [0.25, 0.3) is 0 Å². The van der Waals surface area contributed by atoms with Gasteiger partial charge in [-0.3, -0.25) is 5.43 Å². The molecule has 0 amide bonds. The van der Waals surface area contributed by atoms with Crippen molar-refractivity contribution < 1.29 is 0 Å². The molecule has 1 heterocycles. The molecule has 5 nitrogen and oxygen atoms in total.